The number of nitrogens with zero attached hydrogens (tertiary/aromatic N) is 2. The Balaban J connectivity index is 2.25. The highest BCUT2D eigenvalue weighted by Gasteiger charge is 2.29. The Bertz CT molecular complexity index is 970. The number of hydrogen-bond acceptors (Lipinski definition) is 7. The summed E-state index contributed by atoms with van der Waals surface area (Å²) in [6.45, 7) is -4.83. The second-order valence-electron chi connectivity index (χ2n) is 6.39. The van der Waals surface area contributed by atoms with Crippen LogP contribution < -0.4 is 15.8 Å². The highest BCUT2D eigenvalue weighted by Crippen LogP contribution is 2.31. The number of benzene rings is 1. The number of nitrogen functional groups attached to an aromatic ring is 1. The van der Waals surface area contributed by atoms with Gasteiger partial charge in [0.15, 0.2) is 0 Å². The molecule has 33 heavy (non-hydrogen) atoms. The van der Waals surface area contributed by atoms with E-state index in [4.69, 9.17) is 5.73 Å². The minimum absolute atomic E-state index is 0.0768. The fourth-order valence-corrected chi connectivity index (χ4v) is 2.50. The van der Waals surface area contributed by atoms with Gasteiger partial charge in [-0.05, 0) is 30.7 Å². The summed E-state index contributed by atoms with van der Waals surface area (Å²) in [6, 6.07) is 1.74. The van der Waals surface area contributed by atoms with Gasteiger partial charge in [0.1, 0.15) is 11.6 Å². The predicted octanol–water partition coefficient (Wildman–Crippen LogP) is 3.15. The van der Waals surface area contributed by atoms with E-state index in [1.54, 1.807) is 0 Å². The number of rotatable bonds is 10. The lowest BCUT2D eigenvalue weighted by molar-refractivity contribution is -0.325. The zero-order chi connectivity index (χ0) is 24.6. The van der Waals surface area contributed by atoms with E-state index in [0.717, 1.165) is 24.3 Å². The third-order valence-electron chi connectivity index (χ3n) is 3.99. The number of aliphatic hydroxyl groups is 1. The number of amides is 1. The summed E-state index contributed by atoms with van der Waals surface area (Å²) in [5.41, 5.74) is 4.72. The van der Waals surface area contributed by atoms with Crippen LogP contribution in [0.5, 0.6) is 5.75 Å². The zero-order valence-corrected chi connectivity index (χ0v) is 16.7. The second kappa shape index (κ2) is 11.5. The minimum Gasteiger partial charge on any atom is -0.434 e. The number of carbonyl (C=O) groups is 1. The van der Waals surface area contributed by atoms with E-state index in [-0.39, 0.29) is 23.5 Å². The Morgan fingerprint density at radius 2 is 1.91 bits per heavy atom. The Labute approximate surface area is 183 Å². The van der Waals surface area contributed by atoms with Gasteiger partial charge in [-0.2, -0.15) is 8.78 Å². The van der Waals surface area contributed by atoms with Crippen molar-refractivity contribution >= 4 is 23.8 Å². The highest BCUT2D eigenvalue weighted by molar-refractivity contribution is 5.96. The molecule has 0 saturated carbocycles. The first-order valence-corrected chi connectivity index (χ1v) is 9.15. The van der Waals surface area contributed by atoms with Crippen LogP contribution in [-0.4, -0.2) is 53.2 Å². The van der Waals surface area contributed by atoms with Crippen molar-refractivity contribution in [3.05, 3.63) is 47.3 Å². The molecule has 1 aromatic heterocycles. The zero-order valence-electron chi connectivity index (χ0n) is 16.7. The number of nitrogens with one attached hydrogen (secondary N) is 1. The van der Waals surface area contributed by atoms with E-state index in [1.807, 2.05) is 0 Å². The van der Waals surface area contributed by atoms with Crippen LogP contribution in [0.2, 0.25) is 0 Å². The molecule has 0 aliphatic heterocycles. The van der Waals surface area contributed by atoms with Gasteiger partial charge >= 0.3 is 13.0 Å². The summed E-state index contributed by atoms with van der Waals surface area (Å²) in [4.78, 5) is 19.7. The second-order valence-corrected chi connectivity index (χ2v) is 6.39. The standard InChI is InChI=1S/C19H18F6N4O4/c20-14(5-10-7-27-18(26)28-8-10)13-6-11(1-2-15(13)33-17(21)22)16(31)29-12(9-30)3-4-32-19(23,24)25/h1-2,5-8,12,17,30H,3-4,9H2,(H,29,31)(H2,26,27,28)/b14-5-. The van der Waals surface area contributed by atoms with Crippen molar-refractivity contribution in [3.8, 4) is 5.75 Å². The first-order chi connectivity index (χ1) is 15.5. The van der Waals surface area contributed by atoms with Crippen molar-refractivity contribution in [1.29, 1.82) is 0 Å². The maximum atomic E-state index is 14.8. The van der Waals surface area contributed by atoms with E-state index in [2.05, 4.69) is 24.8 Å². The molecule has 1 atom stereocenters. The first kappa shape index (κ1) is 25.9. The SMILES string of the molecule is Nc1ncc(/C=C(\F)c2cc(C(=O)NC(CO)CCOC(F)(F)F)ccc2OC(F)F)cn1. The Morgan fingerprint density at radius 1 is 1.24 bits per heavy atom. The molecule has 0 bridgehead atoms. The number of anilines is 1. The lowest BCUT2D eigenvalue weighted by Crippen LogP contribution is -2.38. The molecule has 1 unspecified atom stereocenters. The van der Waals surface area contributed by atoms with Gasteiger partial charge in [-0.25, -0.2) is 14.4 Å². The molecule has 1 heterocycles. The molecule has 4 N–H and O–H groups in total. The number of nitrogens with two attached hydrogens (primary N) is 1. The molecule has 2 rings (SSSR count). The quantitative estimate of drug-likeness (QED) is 0.447. The van der Waals surface area contributed by atoms with Crippen LogP contribution in [0.25, 0.3) is 11.9 Å². The lowest BCUT2D eigenvalue weighted by Gasteiger charge is -2.17. The third-order valence-corrected chi connectivity index (χ3v) is 3.99. The van der Waals surface area contributed by atoms with Crippen LogP contribution in [0, 0.1) is 0 Å². The predicted molar refractivity (Wildman–Crippen MR) is 103 cm³/mol. The number of hydrogen-bond donors (Lipinski definition) is 3. The monoisotopic (exact) mass is 480 g/mol. The number of aliphatic hydroxyl groups excluding tert-OH is 1. The van der Waals surface area contributed by atoms with Crippen LogP contribution in [0.1, 0.15) is 27.9 Å². The average Bonchev–Trinajstić information content (AvgIpc) is 2.73. The summed E-state index contributed by atoms with van der Waals surface area (Å²) in [5.74, 6) is -2.64. The third kappa shape index (κ3) is 8.57. The molecule has 0 aliphatic rings. The molecule has 1 amide bonds. The molecule has 8 nitrogen and oxygen atoms in total. The largest absolute Gasteiger partial charge is 0.522 e. The molecule has 0 spiro atoms. The maximum Gasteiger partial charge on any atom is 0.522 e. The van der Waals surface area contributed by atoms with Crippen LogP contribution in [-0.2, 0) is 4.74 Å². The molecular formula is C19H18F6N4O4. The van der Waals surface area contributed by atoms with Crippen molar-refractivity contribution < 1.29 is 45.7 Å². The summed E-state index contributed by atoms with van der Waals surface area (Å²) in [7, 11) is 0. The summed E-state index contributed by atoms with van der Waals surface area (Å²) in [6.07, 6.45) is -2.03. The molecule has 1 aromatic carbocycles. The fraction of sp³-hybridized carbons (Fsp3) is 0.316. The molecule has 14 heteroatoms. The van der Waals surface area contributed by atoms with E-state index < -0.39 is 55.3 Å². The van der Waals surface area contributed by atoms with Crippen LogP contribution in [0.4, 0.5) is 32.3 Å². The Hall–Kier alpha value is -3.39. The van der Waals surface area contributed by atoms with E-state index in [9.17, 15) is 36.2 Å². The minimum atomic E-state index is -4.88. The Morgan fingerprint density at radius 3 is 2.48 bits per heavy atom. The van der Waals surface area contributed by atoms with Crippen LogP contribution in [0.3, 0.4) is 0 Å². The van der Waals surface area contributed by atoms with Gasteiger partial charge in [-0.15, -0.1) is 13.2 Å². The Kier molecular flexibility index (Phi) is 8.99. The van der Waals surface area contributed by atoms with Gasteiger partial charge in [-0.1, -0.05) is 0 Å². The van der Waals surface area contributed by atoms with Gasteiger partial charge in [0.25, 0.3) is 5.91 Å². The number of carbonyl (C=O) groups excluding carboxylic acids is 1. The molecule has 0 fully saturated rings. The molecule has 0 saturated heterocycles. The van der Waals surface area contributed by atoms with Gasteiger partial charge in [-0.3, -0.25) is 9.53 Å². The summed E-state index contributed by atoms with van der Waals surface area (Å²) in [5, 5.41) is 11.5. The van der Waals surface area contributed by atoms with Gasteiger partial charge in [0.05, 0.1) is 24.8 Å². The van der Waals surface area contributed by atoms with Gasteiger partial charge < -0.3 is 20.9 Å². The van der Waals surface area contributed by atoms with E-state index >= 15 is 0 Å². The smallest absolute Gasteiger partial charge is 0.434 e. The number of alkyl halides is 5. The molecule has 0 radical (unpaired) electrons. The molecule has 180 valence electrons. The first-order valence-electron chi connectivity index (χ1n) is 9.15. The molecular weight excluding hydrogens is 462 g/mol. The molecule has 2 aromatic rings. The van der Waals surface area contributed by atoms with Crippen molar-refractivity contribution in [2.45, 2.75) is 25.4 Å². The highest BCUT2D eigenvalue weighted by atomic mass is 19.4. The average molecular weight is 480 g/mol. The van der Waals surface area contributed by atoms with Crippen molar-refractivity contribution in [2.75, 3.05) is 18.9 Å². The molecule has 0 aliphatic carbocycles. The van der Waals surface area contributed by atoms with E-state index in [0.29, 0.717) is 0 Å². The van der Waals surface area contributed by atoms with E-state index in [1.165, 1.54) is 12.4 Å². The summed E-state index contributed by atoms with van der Waals surface area (Å²) >= 11 is 0. The van der Waals surface area contributed by atoms with Crippen molar-refractivity contribution in [2.24, 2.45) is 0 Å². The topological polar surface area (TPSA) is 120 Å². The number of aromatic nitrogens is 2. The van der Waals surface area contributed by atoms with Crippen molar-refractivity contribution in [3.63, 3.8) is 0 Å². The van der Waals surface area contributed by atoms with Gasteiger partial charge in [0.2, 0.25) is 5.95 Å². The normalized spacial score (nSPS) is 13.2. The maximum absolute atomic E-state index is 14.8. The fourth-order valence-electron chi connectivity index (χ4n) is 2.50. The lowest BCUT2D eigenvalue weighted by atomic mass is 10.1. The van der Waals surface area contributed by atoms with Crippen LogP contribution in [0.15, 0.2) is 30.6 Å². The van der Waals surface area contributed by atoms with Crippen molar-refractivity contribution in [1.82, 2.24) is 15.3 Å². The van der Waals surface area contributed by atoms with Crippen LogP contribution >= 0.6 is 0 Å². The summed E-state index contributed by atoms with van der Waals surface area (Å²) < 4.78 is 84.4. The van der Waals surface area contributed by atoms with Gasteiger partial charge in [0, 0.05) is 23.5 Å². The number of ether oxygens (including phenoxy) is 2. The number of halogens is 6.